The zero-order valence-electron chi connectivity index (χ0n) is 25.7. The van der Waals surface area contributed by atoms with E-state index in [1.165, 1.54) is 0 Å². The highest BCUT2D eigenvalue weighted by Crippen LogP contribution is 2.29. The van der Waals surface area contributed by atoms with Crippen LogP contribution in [0.25, 0.3) is 0 Å². The van der Waals surface area contributed by atoms with E-state index in [2.05, 4.69) is 41.6 Å². The van der Waals surface area contributed by atoms with Crippen molar-refractivity contribution in [2.75, 3.05) is 32.1 Å². The van der Waals surface area contributed by atoms with Gasteiger partial charge in [0.05, 0.1) is 19.1 Å². The molecule has 0 saturated carbocycles. The van der Waals surface area contributed by atoms with Gasteiger partial charge in [-0.25, -0.2) is 4.79 Å². The molecule has 0 radical (unpaired) electrons. The second kappa shape index (κ2) is 14.9. The first-order chi connectivity index (χ1) is 20.6. The first-order valence-corrected chi connectivity index (χ1v) is 14.9. The lowest BCUT2D eigenvalue weighted by atomic mass is 10.0. The molecule has 1 heterocycles. The fourth-order valence-corrected chi connectivity index (χ4v) is 5.13. The Morgan fingerprint density at radius 1 is 1.07 bits per heavy atom. The number of anilines is 1. The number of hydrogen-bond acceptors (Lipinski definition) is 6. The van der Waals surface area contributed by atoms with E-state index in [9.17, 15) is 14.7 Å². The molecule has 1 aliphatic rings. The van der Waals surface area contributed by atoms with Gasteiger partial charge < -0.3 is 30.1 Å². The van der Waals surface area contributed by atoms with E-state index in [4.69, 9.17) is 9.47 Å². The van der Waals surface area contributed by atoms with Gasteiger partial charge in [-0.1, -0.05) is 37.3 Å². The maximum atomic E-state index is 13.5. The fraction of sp³-hybridized carbons (Fsp3) is 0.412. The summed E-state index contributed by atoms with van der Waals surface area (Å²) in [7, 11) is 2.05. The topological polar surface area (TPSA) is 103 Å². The predicted molar refractivity (Wildman–Crippen MR) is 169 cm³/mol. The Hall–Kier alpha value is -4.08. The van der Waals surface area contributed by atoms with Crippen LogP contribution < -0.4 is 20.1 Å². The van der Waals surface area contributed by atoms with E-state index in [-0.39, 0.29) is 49.1 Å². The molecule has 3 atom stereocenters. The molecule has 3 aromatic carbocycles. The summed E-state index contributed by atoms with van der Waals surface area (Å²) in [4.78, 5) is 29.7. The number of urea groups is 1. The van der Waals surface area contributed by atoms with Gasteiger partial charge in [0, 0.05) is 42.8 Å². The number of hydrogen-bond donors (Lipinski definition) is 3. The van der Waals surface area contributed by atoms with Crippen LogP contribution in [0.2, 0.25) is 0 Å². The van der Waals surface area contributed by atoms with Crippen LogP contribution in [0.1, 0.15) is 38.8 Å². The van der Waals surface area contributed by atoms with E-state index < -0.39 is 0 Å². The molecule has 3 N–H and O–H groups in total. The molecule has 0 bridgehead atoms. The molecule has 9 heteroatoms. The molecule has 0 unspecified atom stereocenters. The van der Waals surface area contributed by atoms with Crippen molar-refractivity contribution in [2.45, 2.75) is 58.8 Å². The molecule has 230 valence electrons. The molecule has 4 rings (SSSR count). The maximum Gasteiger partial charge on any atom is 0.319 e. The van der Waals surface area contributed by atoms with Gasteiger partial charge in [0.25, 0.3) is 0 Å². The lowest BCUT2D eigenvalue weighted by Crippen LogP contribution is -2.47. The quantitative estimate of drug-likeness (QED) is 0.298. The van der Waals surface area contributed by atoms with Gasteiger partial charge in [-0.3, -0.25) is 9.69 Å². The van der Waals surface area contributed by atoms with Gasteiger partial charge in [-0.05, 0) is 75.8 Å². The zero-order chi connectivity index (χ0) is 30.9. The number of carbonyl (C=O) groups excluding carboxylic acids is 2. The number of nitrogens with zero attached hydrogens (tertiary/aromatic N) is 2. The number of likely N-dealkylation sites (N-methyl/N-ethyl adjacent to an activating group) is 1. The molecule has 0 fully saturated rings. The third-order valence-corrected chi connectivity index (χ3v) is 7.44. The molecule has 9 nitrogen and oxygen atoms in total. The molecule has 0 saturated heterocycles. The Labute approximate surface area is 254 Å². The smallest absolute Gasteiger partial charge is 0.319 e. The number of nitrogens with one attached hydrogen (secondary N) is 2. The third kappa shape index (κ3) is 9.20. The minimum Gasteiger partial charge on any atom is -0.488 e. The summed E-state index contributed by atoms with van der Waals surface area (Å²) in [5.74, 6) is 2.09. The number of ether oxygens (including phenoxy) is 2. The van der Waals surface area contributed by atoms with Gasteiger partial charge in [-0.2, -0.15) is 0 Å². The van der Waals surface area contributed by atoms with E-state index >= 15 is 0 Å². The molecule has 3 aromatic rings. The van der Waals surface area contributed by atoms with Crippen molar-refractivity contribution in [3.63, 3.8) is 0 Å². The molecule has 0 spiro atoms. The van der Waals surface area contributed by atoms with Gasteiger partial charge >= 0.3 is 6.03 Å². The van der Waals surface area contributed by atoms with Crippen molar-refractivity contribution in [3.05, 3.63) is 83.9 Å². The molecule has 0 aromatic heterocycles. The third-order valence-electron chi connectivity index (χ3n) is 7.44. The number of carbonyl (C=O) groups is 2. The van der Waals surface area contributed by atoms with Gasteiger partial charge in [0.2, 0.25) is 5.91 Å². The zero-order valence-corrected chi connectivity index (χ0v) is 25.7. The average molecular weight is 589 g/mol. The summed E-state index contributed by atoms with van der Waals surface area (Å²) in [6.45, 7) is 9.37. The highest BCUT2D eigenvalue weighted by atomic mass is 16.5. The van der Waals surface area contributed by atoms with Gasteiger partial charge in [-0.15, -0.1) is 0 Å². The Morgan fingerprint density at radius 2 is 1.77 bits per heavy atom. The number of aliphatic hydroxyl groups excluding tert-OH is 1. The van der Waals surface area contributed by atoms with E-state index in [1.54, 1.807) is 17.0 Å². The first kappa shape index (κ1) is 31.8. The average Bonchev–Trinajstić information content (AvgIpc) is 3.01. The molecule has 43 heavy (non-hydrogen) atoms. The van der Waals surface area contributed by atoms with E-state index in [0.717, 1.165) is 17.1 Å². The molecule has 3 amide bonds. The van der Waals surface area contributed by atoms with Crippen LogP contribution in [-0.2, 0) is 17.8 Å². The SMILES string of the molecule is CC(C)NC(=O)Nc1ccc2c(c1)CC(=O)N([C@H](C)CO)C[C@H](C)[C@@H](CN(C)Cc1ccc(Oc3ccccc3)cc1)O2. The lowest BCUT2D eigenvalue weighted by molar-refractivity contribution is -0.134. The predicted octanol–water partition coefficient (Wildman–Crippen LogP) is 5.29. The second-order valence-corrected chi connectivity index (χ2v) is 11.7. The van der Waals surface area contributed by atoms with Crippen LogP contribution in [-0.4, -0.2) is 71.8 Å². The Kier molecular flexibility index (Phi) is 11.0. The minimum atomic E-state index is -0.329. The van der Waals surface area contributed by atoms with E-state index in [0.29, 0.717) is 36.6 Å². The number of rotatable bonds is 10. The van der Waals surface area contributed by atoms with Crippen molar-refractivity contribution >= 4 is 17.6 Å². The monoisotopic (exact) mass is 588 g/mol. The van der Waals surface area contributed by atoms with Crippen LogP contribution in [0.3, 0.4) is 0 Å². The maximum absolute atomic E-state index is 13.5. The molecular formula is C34H44N4O5. The molecular weight excluding hydrogens is 544 g/mol. The van der Waals surface area contributed by atoms with E-state index in [1.807, 2.05) is 69.3 Å². The summed E-state index contributed by atoms with van der Waals surface area (Å²) in [6, 6.07) is 22.5. The van der Waals surface area contributed by atoms with Crippen molar-refractivity contribution < 1.29 is 24.2 Å². The summed E-state index contributed by atoms with van der Waals surface area (Å²) >= 11 is 0. The van der Waals surface area contributed by atoms with Crippen LogP contribution in [0.15, 0.2) is 72.8 Å². The van der Waals surface area contributed by atoms with Crippen LogP contribution in [0.4, 0.5) is 10.5 Å². The van der Waals surface area contributed by atoms with Crippen molar-refractivity contribution in [2.24, 2.45) is 5.92 Å². The van der Waals surface area contributed by atoms with Crippen LogP contribution in [0.5, 0.6) is 17.2 Å². The first-order valence-electron chi connectivity index (χ1n) is 14.9. The largest absolute Gasteiger partial charge is 0.488 e. The number of para-hydroxylation sites is 1. The Balaban J connectivity index is 1.50. The fourth-order valence-electron chi connectivity index (χ4n) is 5.13. The normalized spacial score (nSPS) is 17.8. The van der Waals surface area contributed by atoms with Crippen LogP contribution in [0, 0.1) is 5.92 Å². The van der Waals surface area contributed by atoms with Crippen LogP contribution >= 0.6 is 0 Å². The summed E-state index contributed by atoms with van der Waals surface area (Å²) in [5, 5.41) is 15.6. The highest BCUT2D eigenvalue weighted by Gasteiger charge is 2.31. The van der Waals surface area contributed by atoms with Gasteiger partial charge in [0.15, 0.2) is 0 Å². The van der Waals surface area contributed by atoms with Crippen molar-refractivity contribution in [1.82, 2.24) is 15.1 Å². The summed E-state index contributed by atoms with van der Waals surface area (Å²) in [5.41, 5.74) is 2.41. The Bertz CT molecular complexity index is 1350. The number of benzene rings is 3. The molecule has 1 aliphatic heterocycles. The second-order valence-electron chi connectivity index (χ2n) is 11.7. The highest BCUT2D eigenvalue weighted by molar-refractivity contribution is 5.90. The molecule has 0 aliphatic carbocycles. The minimum absolute atomic E-state index is 0.00825. The number of fused-ring (bicyclic) bond motifs is 1. The summed E-state index contributed by atoms with van der Waals surface area (Å²) in [6.07, 6.45) is -0.125. The summed E-state index contributed by atoms with van der Waals surface area (Å²) < 4.78 is 12.6. The van der Waals surface area contributed by atoms with Crippen molar-refractivity contribution in [3.8, 4) is 17.2 Å². The van der Waals surface area contributed by atoms with Crippen molar-refractivity contribution in [1.29, 1.82) is 0 Å². The lowest BCUT2D eigenvalue weighted by Gasteiger charge is -2.34. The Morgan fingerprint density at radius 3 is 2.44 bits per heavy atom. The number of aliphatic hydroxyl groups is 1. The number of amides is 3. The van der Waals surface area contributed by atoms with Gasteiger partial charge in [0.1, 0.15) is 23.4 Å². The standard InChI is InChI=1S/C34H44N4O5/c1-23(2)35-34(41)36-28-13-16-31-27(17-28)18-33(40)38(25(4)22-39)19-24(3)32(43-31)21-37(5)20-26-11-14-30(15-12-26)42-29-9-7-6-8-10-29/h6-17,23-25,32,39H,18-22H2,1-5H3,(H2,35,36,41)/t24-,25+,32+/m0/s1.